The highest BCUT2D eigenvalue weighted by atomic mass is 35.5. The zero-order valence-corrected chi connectivity index (χ0v) is 11.8. The molecule has 0 aliphatic carbocycles. The van der Waals surface area contributed by atoms with Gasteiger partial charge >= 0.3 is 5.97 Å². The number of nitrogens with zero attached hydrogens (tertiary/aromatic N) is 1. The number of hydrogen-bond acceptors (Lipinski definition) is 4. The van der Waals surface area contributed by atoms with Gasteiger partial charge < -0.3 is 9.84 Å². The SMILES string of the molecule is COc1cccc(Cl)c1-c1nc(CCC(=O)O)cs1. The molecule has 0 saturated carbocycles. The van der Waals surface area contributed by atoms with Crippen molar-refractivity contribution >= 4 is 28.9 Å². The number of aliphatic carboxylic acids is 1. The Balaban J connectivity index is 2.30. The van der Waals surface area contributed by atoms with Crippen molar-refractivity contribution in [3.05, 3.63) is 34.3 Å². The van der Waals surface area contributed by atoms with Crippen molar-refractivity contribution in [3.63, 3.8) is 0 Å². The fourth-order valence-electron chi connectivity index (χ4n) is 1.65. The molecule has 1 N–H and O–H groups in total. The molecule has 4 nitrogen and oxygen atoms in total. The van der Waals surface area contributed by atoms with E-state index in [9.17, 15) is 4.79 Å². The van der Waals surface area contributed by atoms with E-state index in [4.69, 9.17) is 21.4 Å². The van der Waals surface area contributed by atoms with Crippen LogP contribution in [-0.4, -0.2) is 23.2 Å². The van der Waals surface area contributed by atoms with E-state index in [2.05, 4.69) is 4.98 Å². The lowest BCUT2D eigenvalue weighted by Gasteiger charge is -2.07. The molecule has 0 spiro atoms. The first-order chi connectivity index (χ1) is 9.11. The highest BCUT2D eigenvalue weighted by Crippen LogP contribution is 2.37. The van der Waals surface area contributed by atoms with E-state index in [1.54, 1.807) is 13.2 Å². The zero-order chi connectivity index (χ0) is 13.8. The molecule has 0 fully saturated rings. The Bertz CT molecular complexity index is 597. The molecule has 1 aromatic heterocycles. The van der Waals surface area contributed by atoms with Gasteiger partial charge in [0.05, 0.1) is 29.8 Å². The van der Waals surface area contributed by atoms with E-state index in [-0.39, 0.29) is 6.42 Å². The molecule has 0 aliphatic heterocycles. The number of benzene rings is 1. The molecule has 0 radical (unpaired) electrons. The Morgan fingerprint density at radius 1 is 1.53 bits per heavy atom. The average molecular weight is 298 g/mol. The number of carboxylic acids is 1. The number of aryl methyl sites for hydroxylation is 1. The van der Waals surface area contributed by atoms with Gasteiger partial charge in [0.1, 0.15) is 10.8 Å². The van der Waals surface area contributed by atoms with E-state index in [0.29, 0.717) is 17.2 Å². The Morgan fingerprint density at radius 3 is 3.00 bits per heavy atom. The van der Waals surface area contributed by atoms with Crippen LogP contribution >= 0.6 is 22.9 Å². The van der Waals surface area contributed by atoms with E-state index < -0.39 is 5.97 Å². The van der Waals surface area contributed by atoms with E-state index in [1.807, 2.05) is 17.5 Å². The number of thiazole rings is 1. The Morgan fingerprint density at radius 2 is 2.32 bits per heavy atom. The van der Waals surface area contributed by atoms with Gasteiger partial charge in [0.25, 0.3) is 0 Å². The number of carboxylic acid groups (broad SMARTS) is 1. The molecule has 0 saturated heterocycles. The quantitative estimate of drug-likeness (QED) is 0.918. The third-order valence-electron chi connectivity index (χ3n) is 2.56. The van der Waals surface area contributed by atoms with Crippen LogP contribution in [0.5, 0.6) is 5.75 Å². The number of rotatable bonds is 5. The zero-order valence-electron chi connectivity index (χ0n) is 10.2. The van der Waals surface area contributed by atoms with E-state index >= 15 is 0 Å². The molecule has 6 heteroatoms. The van der Waals surface area contributed by atoms with Crippen LogP contribution in [0.2, 0.25) is 5.02 Å². The second-order valence-electron chi connectivity index (χ2n) is 3.85. The molecule has 2 aromatic rings. The molecule has 2 rings (SSSR count). The minimum absolute atomic E-state index is 0.0723. The Labute approximate surface area is 119 Å². The summed E-state index contributed by atoms with van der Waals surface area (Å²) >= 11 is 7.60. The lowest BCUT2D eigenvalue weighted by atomic mass is 10.2. The van der Waals surface area contributed by atoms with Gasteiger partial charge in [-0.2, -0.15) is 0 Å². The van der Waals surface area contributed by atoms with Crippen LogP contribution in [0.1, 0.15) is 12.1 Å². The maximum Gasteiger partial charge on any atom is 0.303 e. The Kier molecular flexibility index (Phi) is 4.39. The number of halogens is 1. The van der Waals surface area contributed by atoms with Crippen molar-refractivity contribution in [1.29, 1.82) is 0 Å². The summed E-state index contributed by atoms with van der Waals surface area (Å²) in [5.41, 5.74) is 1.50. The van der Waals surface area contributed by atoms with Crippen molar-refractivity contribution in [3.8, 4) is 16.3 Å². The molecular weight excluding hydrogens is 286 g/mol. The molecule has 19 heavy (non-hydrogen) atoms. The summed E-state index contributed by atoms with van der Waals surface area (Å²) in [5.74, 6) is -0.170. The van der Waals surface area contributed by atoms with Gasteiger partial charge in [-0.15, -0.1) is 11.3 Å². The van der Waals surface area contributed by atoms with Crippen LogP contribution in [0.3, 0.4) is 0 Å². The number of ether oxygens (including phenoxy) is 1. The van der Waals surface area contributed by atoms with Crippen molar-refractivity contribution < 1.29 is 14.6 Å². The van der Waals surface area contributed by atoms with Gasteiger partial charge in [0, 0.05) is 11.8 Å². The standard InChI is InChI=1S/C13H12ClNO3S/c1-18-10-4-2-3-9(14)12(10)13-15-8(7-19-13)5-6-11(16)17/h2-4,7H,5-6H2,1H3,(H,16,17). The maximum atomic E-state index is 10.5. The largest absolute Gasteiger partial charge is 0.496 e. The fourth-order valence-corrected chi connectivity index (χ4v) is 2.88. The van der Waals surface area contributed by atoms with Crippen LogP contribution in [0.15, 0.2) is 23.6 Å². The summed E-state index contributed by atoms with van der Waals surface area (Å²) in [6.45, 7) is 0. The lowest BCUT2D eigenvalue weighted by Crippen LogP contribution is -1.97. The predicted molar refractivity (Wildman–Crippen MR) is 75.1 cm³/mol. The van der Waals surface area contributed by atoms with Crippen molar-refractivity contribution in [2.24, 2.45) is 0 Å². The van der Waals surface area contributed by atoms with Gasteiger partial charge in [-0.1, -0.05) is 17.7 Å². The summed E-state index contributed by atoms with van der Waals surface area (Å²) in [6.07, 6.45) is 0.488. The van der Waals surface area contributed by atoms with Gasteiger partial charge in [0.15, 0.2) is 0 Å². The maximum absolute atomic E-state index is 10.5. The van der Waals surface area contributed by atoms with Crippen LogP contribution in [0, 0.1) is 0 Å². The summed E-state index contributed by atoms with van der Waals surface area (Å²) in [6, 6.07) is 5.40. The smallest absolute Gasteiger partial charge is 0.303 e. The molecule has 0 unspecified atom stereocenters. The summed E-state index contributed by atoms with van der Waals surface area (Å²) in [7, 11) is 1.58. The first-order valence-electron chi connectivity index (χ1n) is 5.61. The third-order valence-corrected chi connectivity index (χ3v) is 3.78. The molecular formula is C13H12ClNO3S. The number of aromatic nitrogens is 1. The second kappa shape index (κ2) is 6.04. The van der Waals surface area contributed by atoms with Gasteiger partial charge in [-0.25, -0.2) is 4.98 Å². The van der Waals surface area contributed by atoms with Crippen LogP contribution in [0.4, 0.5) is 0 Å². The number of methoxy groups -OCH3 is 1. The summed E-state index contributed by atoms with van der Waals surface area (Å²) in [4.78, 5) is 15.0. The van der Waals surface area contributed by atoms with Crippen molar-refractivity contribution in [2.75, 3.05) is 7.11 Å². The highest BCUT2D eigenvalue weighted by Gasteiger charge is 2.14. The summed E-state index contributed by atoms with van der Waals surface area (Å²) in [5, 5.41) is 11.8. The van der Waals surface area contributed by atoms with Crippen LogP contribution in [0.25, 0.3) is 10.6 Å². The topological polar surface area (TPSA) is 59.4 Å². The predicted octanol–water partition coefficient (Wildman–Crippen LogP) is 3.49. The fraction of sp³-hybridized carbons (Fsp3) is 0.231. The van der Waals surface area contributed by atoms with Gasteiger partial charge in [-0.3, -0.25) is 4.79 Å². The number of carbonyl (C=O) groups is 1. The highest BCUT2D eigenvalue weighted by molar-refractivity contribution is 7.13. The molecule has 0 amide bonds. The van der Waals surface area contributed by atoms with Crippen molar-refractivity contribution in [2.45, 2.75) is 12.8 Å². The van der Waals surface area contributed by atoms with Gasteiger partial charge in [-0.05, 0) is 12.1 Å². The minimum Gasteiger partial charge on any atom is -0.496 e. The third kappa shape index (κ3) is 3.24. The first kappa shape index (κ1) is 13.8. The van der Waals surface area contributed by atoms with E-state index in [0.717, 1.165) is 16.3 Å². The monoisotopic (exact) mass is 297 g/mol. The molecule has 0 atom stereocenters. The van der Waals surface area contributed by atoms with Crippen molar-refractivity contribution in [1.82, 2.24) is 4.98 Å². The van der Waals surface area contributed by atoms with E-state index in [1.165, 1.54) is 11.3 Å². The molecule has 1 aromatic carbocycles. The minimum atomic E-state index is -0.829. The molecule has 1 heterocycles. The second-order valence-corrected chi connectivity index (χ2v) is 5.12. The van der Waals surface area contributed by atoms with Crippen LogP contribution < -0.4 is 4.74 Å². The van der Waals surface area contributed by atoms with Crippen LogP contribution in [-0.2, 0) is 11.2 Å². The molecule has 100 valence electrons. The molecule has 0 bridgehead atoms. The first-order valence-corrected chi connectivity index (χ1v) is 6.86. The number of hydrogen-bond donors (Lipinski definition) is 1. The lowest BCUT2D eigenvalue weighted by molar-refractivity contribution is -0.136. The van der Waals surface area contributed by atoms with Gasteiger partial charge in [0.2, 0.25) is 0 Å². The summed E-state index contributed by atoms with van der Waals surface area (Å²) < 4.78 is 5.28. The molecule has 0 aliphatic rings. The normalized spacial score (nSPS) is 10.4. The average Bonchev–Trinajstić information content (AvgIpc) is 2.84. The Hall–Kier alpha value is -1.59.